The fourth-order valence-electron chi connectivity index (χ4n) is 1.98. The first kappa shape index (κ1) is 13.0. The van der Waals surface area contributed by atoms with E-state index in [4.69, 9.17) is 10.8 Å². The van der Waals surface area contributed by atoms with Gasteiger partial charge in [0.2, 0.25) is 5.91 Å². The summed E-state index contributed by atoms with van der Waals surface area (Å²) in [4.78, 5) is 24.4. The van der Waals surface area contributed by atoms with Gasteiger partial charge >= 0.3 is 5.97 Å². The summed E-state index contributed by atoms with van der Waals surface area (Å²) in [5.74, 6) is -1.07. The lowest BCUT2D eigenvalue weighted by Gasteiger charge is -2.27. The number of carboxylic acid groups (broad SMARTS) is 1. The molecule has 1 fully saturated rings. The standard InChI is InChI=1S/C11H20N2O3/c1-3-7(2)9(12)10(14)13-6-4-5-8(13)11(15)16/h7-9H,3-6,12H2,1-2H3,(H,15,16)/t7-,8-,9+/m1/s1. The summed E-state index contributed by atoms with van der Waals surface area (Å²) < 4.78 is 0. The van der Waals surface area contributed by atoms with Crippen molar-refractivity contribution in [2.24, 2.45) is 11.7 Å². The van der Waals surface area contributed by atoms with Gasteiger partial charge in [-0.05, 0) is 18.8 Å². The van der Waals surface area contributed by atoms with Crippen molar-refractivity contribution in [2.75, 3.05) is 6.54 Å². The van der Waals surface area contributed by atoms with E-state index in [2.05, 4.69) is 0 Å². The van der Waals surface area contributed by atoms with Crippen LogP contribution in [0.4, 0.5) is 0 Å². The molecule has 3 N–H and O–H groups in total. The van der Waals surface area contributed by atoms with Gasteiger partial charge in [0.05, 0.1) is 6.04 Å². The summed E-state index contributed by atoms with van der Waals surface area (Å²) in [6.07, 6.45) is 2.10. The summed E-state index contributed by atoms with van der Waals surface area (Å²) >= 11 is 0. The quantitative estimate of drug-likeness (QED) is 0.731. The van der Waals surface area contributed by atoms with Crippen LogP contribution in [0.5, 0.6) is 0 Å². The number of aliphatic carboxylic acids is 1. The van der Waals surface area contributed by atoms with Crippen LogP contribution in [0.25, 0.3) is 0 Å². The van der Waals surface area contributed by atoms with Gasteiger partial charge in [0.1, 0.15) is 6.04 Å². The van der Waals surface area contributed by atoms with Crippen LogP contribution in [0.2, 0.25) is 0 Å². The zero-order valence-electron chi connectivity index (χ0n) is 9.85. The topological polar surface area (TPSA) is 83.6 Å². The van der Waals surface area contributed by atoms with Crippen LogP contribution in [0.15, 0.2) is 0 Å². The summed E-state index contributed by atoms with van der Waals surface area (Å²) in [5, 5.41) is 8.98. The largest absolute Gasteiger partial charge is 0.480 e. The molecule has 0 aromatic carbocycles. The number of carbonyl (C=O) groups is 2. The van der Waals surface area contributed by atoms with Crippen LogP contribution < -0.4 is 5.73 Å². The molecular weight excluding hydrogens is 208 g/mol. The monoisotopic (exact) mass is 228 g/mol. The number of hydrogen-bond donors (Lipinski definition) is 2. The van der Waals surface area contributed by atoms with Gasteiger partial charge in [-0.25, -0.2) is 4.79 Å². The van der Waals surface area contributed by atoms with Crippen molar-refractivity contribution in [2.45, 2.75) is 45.2 Å². The minimum Gasteiger partial charge on any atom is -0.480 e. The van der Waals surface area contributed by atoms with E-state index in [0.717, 1.165) is 12.8 Å². The Hall–Kier alpha value is -1.10. The van der Waals surface area contributed by atoms with E-state index in [1.54, 1.807) is 0 Å². The summed E-state index contributed by atoms with van der Waals surface area (Å²) in [6.45, 7) is 4.39. The molecule has 16 heavy (non-hydrogen) atoms. The molecule has 3 atom stereocenters. The third-order valence-corrected chi connectivity index (χ3v) is 3.36. The molecule has 92 valence electrons. The van der Waals surface area contributed by atoms with Crippen molar-refractivity contribution in [1.29, 1.82) is 0 Å². The molecule has 0 aliphatic carbocycles. The van der Waals surface area contributed by atoms with Crippen molar-refractivity contribution >= 4 is 11.9 Å². The summed E-state index contributed by atoms with van der Waals surface area (Å²) in [6, 6.07) is -1.26. The van der Waals surface area contributed by atoms with Crippen LogP contribution >= 0.6 is 0 Å². The molecular formula is C11H20N2O3. The van der Waals surface area contributed by atoms with Crippen LogP contribution in [-0.4, -0.2) is 40.5 Å². The number of carboxylic acids is 1. The Bertz CT molecular complexity index is 280. The molecule has 1 saturated heterocycles. The number of hydrogen-bond acceptors (Lipinski definition) is 3. The number of nitrogens with zero attached hydrogens (tertiary/aromatic N) is 1. The molecule has 0 unspecified atom stereocenters. The molecule has 1 heterocycles. The number of carbonyl (C=O) groups excluding carboxylic acids is 1. The van der Waals surface area contributed by atoms with Gasteiger partial charge in [-0.1, -0.05) is 20.3 Å². The Labute approximate surface area is 95.6 Å². The van der Waals surface area contributed by atoms with Gasteiger partial charge in [-0.2, -0.15) is 0 Å². The average Bonchev–Trinajstić information content (AvgIpc) is 2.74. The second kappa shape index (κ2) is 5.30. The Morgan fingerprint density at radius 1 is 1.56 bits per heavy atom. The highest BCUT2D eigenvalue weighted by Crippen LogP contribution is 2.20. The maximum Gasteiger partial charge on any atom is 0.326 e. The molecule has 1 rings (SSSR count). The normalized spacial score (nSPS) is 24.2. The molecule has 5 nitrogen and oxygen atoms in total. The summed E-state index contributed by atoms with van der Waals surface area (Å²) in [7, 11) is 0. The third-order valence-electron chi connectivity index (χ3n) is 3.36. The number of amides is 1. The van der Waals surface area contributed by atoms with E-state index < -0.39 is 18.1 Å². The molecule has 5 heteroatoms. The fourth-order valence-corrected chi connectivity index (χ4v) is 1.98. The van der Waals surface area contributed by atoms with E-state index >= 15 is 0 Å². The SMILES string of the molecule is CC[C@@H](C)[C@H](N)C(=O)N1CCC[C@@H]1C(=O)O. The zero-order chi connectivity index (χ0) is 12.3. The highest BCUT2D eigenvalue weighted by Gasteiger charge is 2.36. The van der Waals surface area contributed by atoms with Crippen molar-refractivity contribution in [3.63, 3.8) is 0 Å². The maximum atomic E-state index is 12.0. The van der Waals surface area contributed by atoms with Gasteiger partial charge in [0, 0.05) is 6.54 Å². The second-order valence-corrected chi connectivity index (χ2v) is 4.44. The highest BCUT2D eigenvalue weighted by atomic mass is 16.4. The first-order valence-electron chi connectivity index (χ1n) is 5.77. The second-order valence-electron chi connectivity index (χ2n) is 4.44. The highest BCUT2D eigenvalue weighted by molar-refractivity contribution is 5.87. The molecule has 0 aromatic rings. The van der Waals surface area contributed by atoms with E-state index in [1.165, 1.54) is 4.90 Å². The lowest BCUT2D eigenvalue weighted by molar-refractivity contribution is -0.149. The summed E-state index contributed by atoms with van der Waals surface area (Å²) in [5.41, 5.74) is 5.83. The van der Waals surface area contributed by atoms with Crippen molar-refractivity contribution in [3.8, 4) is 0 Å². The third kappa shape index (κ3) is 2.52. The van der Waals surface area contributed by atoms with E-state index in [-0.39, 0.29) is 11.8 Å². The van der Waals surface area contributed by atoms with Crippen molar-refractivity contribution in [3.05, 3.63) is 0 Å². The minimum atomic E-state index is -0.929. The molecule has 1 aliphatic rings. The van der Waals surface area contributed by atoms with Crippen LogP contribution in [-0.2, 0) is 9.59 Å². The number of nitrogens with two attached hydrogens (primary N) is 1. The Kier molecular flexibility index (Phi) is 4.29. The smallest absolute Gasteiger partial charge is 0.326 e. The van der Waals surface area contributed by atoms with Gasteiger partial charge in [0.25, 0.3) is 0 Å². The fraction of sp³-hybridized carbons (Fsp3) is 0.818. The van der Waals surface area contributed by atoms with E-state index in [9.17, 15) is 9.59 Å². The molecule has 0 saturated carbocycles. The number of likely N-dealkylation sites (tertiary alicyclic amines) is 1. The lowest BCUT2D eigenvalue weighted by atomic mass is 9.98. The minimum absolute atomic E-state index is 0.0857. The van der Waals surface area contributed by atoms with E-state index in [0.29, 0.717) is 13.0 Å². The van der Waals surface area contributed by atoms with Gasteiger partial charge in [0.15, 0.2) is 0 Å². The lowest BCUT2D eigenvalue weighted by Crippen LogP contribution is -2.50. The first-order chi connectivity index (χ1) is 7.49. The maximum absolute atomic E-state index is 12.0. The molecule has 0 bridgehead atoms. The van der Waals surface area contributed by atoms with Crippen molar-refractivity contribution < 1.29 is 14.7 Å². The predicted octanol–water partition coefficient (Wildman–Crippen LogP) is 0.435. The molecule has 0 radical (unpaired) electrons. The van der Waals surface area contributed by atoms with Gasteiger partial charge in [-0.3, -0.25) is 4.79 Å². The zero-order valence-corrected chi connectivity index (χ0v) is 9.85. The molecule has 1 amide bonds. The van der Waals surface area contributed by atoms with Gasteiger partial charge in [-0.15, -0.1) is 0 Å². The van der Waals surface area contributed by atoms with Crippen LogP contribution in [0.3, 0.4) is 0 Å². The average molecular weight is 228 g/mol. The first-order valence-corrected chi connectivity index (χ1v) is 5.77. The molecule has 0 spiro atoms. The van der Waals surface area contributed by atoms with Crippen LogP contribution in [0.1, 0.15) is 33.1 Å². The van der Waals surface area contributed by atoms with Crippen molar-refractivity contribution in [1.82, 2.24) is 4.90 Å². The Balaban J connectivity index is 2.69. The predicted molar refractivity (Wildman–Crippen MR) is 59.8 cm³/mol. The molecule has 1 aliphatic heterocycles. The van der Waals surface area contributed by atoms with Gasteiger partial charge < -0.3 is 15.7 Å². The van der Waals surface area contributed by atoms with E-state index in [1.807, 2.05) is 13.8 Å². The number of rotatable bonds is 4. The Morgan fingerprint density at radius 2 is 2.19 bits per heavy atom. The Morgan fingerprint density at radius 3 is 2.69 bits per heavy atom. The molecule has 0 aromatic heterocycles. The van der Waals surface area contributed by atoms with Crippen LogP contribution in [0, 0.1) is 5.92 Å².